The second-order valence-corrected chi connectivity index (χ2v) is 6.65. The minimum Gasteiger partial charge on any atom is -0.496 e. The van der Waals surface area contributed by atoms with Crippen LogP contribution in [0.2, 0.25) is 0 Å². The molecule has 0 amide bonds. The highest BCUT2D eigenvalue weighted by molar-refractivity contribution is 5.41. The van der Waals surface area contributed by atoms with Gasteiger partial charge in [-0.2, -0.15) is 0 Å². The van der Waals surface area contributed by atoms with Crippen LogP contribution in [0.15, 0.2) is 6.20 Å². The minimum atomic E-state index is 0.294. The predicted octanol–water partition coefficient (Wildman–Crippen LogP) is 3.66. The summed E-state index contributed by atoms with van der Waals surface area (Å²) < 4.78 is 5.47. The fraction of sp³-hybridized carbons (Fsp3) is 0.706. The van der Waals surface area contributed by atoms with E-state index in [1.165, 1.54) is 5.56 Å². The van der Waals surface area contributed by atoms with Crippen molar-refractivity contribution in [3.05, 3.63) is 23.0 Å². The largest absolute Gasteiger partial charge is 0.496 e. The summed E-state index contributed by atoms with van der Waals surface area (Å²) in [5, 5.41) is 3.43. The van der Waals surface area contributed by atoms with Crippen molar-refractivity contribution in [1.29, 1.82) is 0 Å². The Morgan fingerprint density at radius 2 is 1.95 bits per heavy atom. The summed E-state index contributed by atoms with van der Waals surface area (Å²) in [6.45, 7) is 11.0. The maximum absolute atomic E-state index is 5.47. The van der Waals surface area contributed by atoms with Crippen molar-refractivity contribution in [1.82, 2.24) is 10.3 Å². The second kappa shape index (κ2) is 7.07. The summed E-state index contributed by atoms with van der Waals surface area (Å²) in [6.07, 6.45) is 5.23. The van der Waals surface area contributed by atoms with Gasteiger partial charge in [0, 0.05) is 29.1 Å². The first-order chi connectivity index (χ1) is 9.31. The fourth-order valence-corrected chi connectivity index (χ4v) is 2.81. The van der Waals surface area contributed by atoms with E-state index < -0.39 is 0 Å². The highest BCUT2D eigenvalue weighted by atomic mass is 16.5. The fourth-order valence-electron chi connectivity index (χ4n) is 2.81. The molecule has 0 spiro atoms. The summed E-state index contributed by atoms with van der Waals surface area (Å²) in [5.41, 5.74) is 3.75. The van der Waals surface area contributed by atoms with E-state index in [1.807, 2.05) is 20.2 Å². The summed E-state index contributed by atoms with van der Waals surface area (Å²) in [7, 11) is 3.78. The summed E-state index contributed by atoms with van der Waals surface area (Å²) in [4.78, 5) is 4.57. The van der Waals surface area contributed by atoms with Crippen molar-refractivity contribution in [2.24, 2.45) is 5.41 Å². The number of hydrogen-bond donors (Lipinski definition) is 1. The SMILES string of the molecule is CNC(CCCc1ncc(C)c(OC)c1C)C(C)(C)C. The Bertz CT molecular complexity index is 435. The molecule has 0 fully saturated rings. The van der Waals surface area contributed by atoms with Crippen molar-refractivity contribution in [2.45, 2.75) is 59.9 Å². The van der Waals surface area contributed by atoms with E-state index in [0.717, 1.165) is 36.3 Å². The Hall–Kier alpha value is -1.09. The van der Waals surface area contributed by atoms with Crippen LogP contribution >= 0.6 is 0 Å². The number of nitrogens with one attached hydrogen (secondary N) is 1. The smallest absolute Gasteiger partial charge is 0.128 e. The molecule has 1 N–H and O–H groups in total. The van der Waals surface area contributed by atoms with Crippen LogP contribution in [0, 0.1) is 19.3 Å². The van der Waals surface area contributed by atoms with E-state index in [4.69, 9.17) is 4.74 Å². The molecule has 20 heavy (non-hydrogen) atoms. The van der Waals surface area contributed by atoms with Gasteiger partial charge in [-0.1, -0.05) is 20.8 Å². The van der Waals surface area contributed by atoms with Gasteiger partial charge in [0.2, 0.25) is 0 Å². The van der Waals surface area contributed by atoms with Gasteiger partial charge >= 0.3 is 0 Å². The number of methoxy groups -OCH3 is 1. The Morgan fingerprint density at radius 3 is 2.45 bits per heavy atom. The molecule has 3 heteroatoms. The van der Waals surface area contributed by atoms with Crippen LogP contribution in [0.3, 0.4) is 0 Å². The lowest BCUT2D eigenvalue weighted by molar-refractivity contribution is 0.263. The average Bonchev–Trinajstić information content (AvgIpc) is 2.36. The zero-order valence-corrected chi connectivity index (χ0v) is 14.1. The van der Waals surface area contributed by atoms with E-state index in [1.54, 1.807) is 7.11 Å². The van der Waals surface area contributed by atoms with Gasteiger partial charge in [-0.3, -0.25) is 4.98 Å². The van der Waals surface area contributed by atoms with Crippen LogP contribution in [-0.2, 0) is 6.42 Å². The standard InChI is InChI=1S/C17H30N2O/c1-12-11-19-14(13(2)16(12)20-7)9-8-10-15(18-6)17(3,4)5/h11,15,18H,8-10H2,1-7H3. The van der Waals surface area contributed by atoms with Gasteiger partial charge in [-0.05, 0) is 45.6 Å². The number of aryl methyl sites for hydroxylation is 2. The molecule has 1 unspecified atom stereocenters. The lowest BCUT2D eigenvalue weighted by Crippen LogP contribution is -2.37. The molecule has 0 saturated heterocycles. The Kier molecular flexibility index (Phi) is 6.00. The Balaban J connectivity index is 2.67. The molecule has 0 bridgehead atoms. The molecule has 1 heterocycles. The number of rotatable bonds is 6. The first-order valence-electron chi connectivity index (χ1n) is 7.47. The molecule has 0 aliphatic carbocycles. The van der Waals surface area contributed by atoms with Crippen LogP contribution in [0.4, 0.5) is 0 Å². The first-order valence-corrected chi connectivity index (χ1v) is 7.47. The molecular formula is C17H30N2O. The first kappa shape index (κ1) is 17.0. The molecule has 114 valence electrons. The zero-order chi connectivity index (χ0) is 15.3. The molecule has 0 radical (unpaired) electrons. The Labute approximate surface area is 124 Å². The second-order valence-electron chi connectivity index (χ2n) is 6.65. The van der Waals surface area contributed by atoms with Gasteiger partial charge in [-0.25, -0.2) is 0 Å². The third-order valence-corrected chi connectivity index (χ3v) is 4.05. The average molecular weight is 278 g/mol. The van der Waals surface area contributed by atoms with Crippen molar-refractivity contribution in [3.63, 3.8) is 0 Å². The van der Waals surface area contributed by atoms with Gasteiger partial charge in [-0.15, -0.1) is 0 Å². The van der Waals surface area contributed by atoms with Crippen LogP contribution in [0.5, 0.6) is 5.75 Å². The molecule has 0 aliphatic heterocycles. The van der Waals surface area contributed by atoms with Gasteiger partial charge in [0.1, 0.15) is 5.75 Å². The molecule has 1 aromatic heterocycles. The molecule has 0 saturated carbocycles. The lowest BCUT2D eigenvalue weighted by Gasteiger charge is -2.30. The molecule has 1 atom stereocenters. The number of hydrogen-bond acceptors (Lipinski definition) is 3. The third-order valence-electron chi connectivity index (χ3n) is 4.05. The minimum absolute atomic E-state index is 0.294. The third kappa shape index (κ3) is 4.20. The molecule has 1 rings (SSSR count). The predicted molar refractivity (Wildman–Crippen MR) is 85.5 cm³/mol. The normalized spacial score (nSPS) is 13.3. The summed E-state index contributed by atoms with van der Waals surface area (Å²) >= 11 is 0. The number of ether oxygens (including phenoxy) is 1. The maximum atomic E-state index is 5.47. The topological polar surface area (TPSA) is 34.2 Å². The van der Waals surface area contributed by atoms with Gasteiger partial charge in [0.25, 0.3) is 0 Å². The Morgan fingerprint density at radius 1 is 1.30 bits per heavy atom. The molecular weight excluding hydrogens is 248 g/mol. The number of pyridine rings is 1. The van der Waals surface area contributed by atoms with E-state index in [-0.39, 0.29) is 0 Å². The van der Waals surface area contributed by atoms with Crippen molar-refractivity contribution >= 4 is 0 Å². The zero-order valence-electron chi connectivity index (χ0n) is 14.1. The van der Waals surface area contributed by atoms with Crippen molar-refractivity contribution in [3.8, 4) is 5.75 Å². The number of aromatic nitrogens is 1. The van der Waals surface area contributed by atoms with Crippen LogP contribution < -0.4 is 10.1 Å². The maximum Gasteiger partial charge on any atom is 0.128 e. The summed E-state index contributed by atoms with van der Waals surface area (Å²) in [6, 6.07) is 0.537. The van der Waals surface area contributed by atoms with Crippen molar-refractivity contribution in [2.75, 3.05) is 14.2 Å². The van der Waals surface area contributed by atoms with Gasteiger partial charge < -0.3 is 10.1 Å². The van der Waals surface area contributed by atoms with Crippen LogP contribution in [0.25, 0.3) is 0 Å². The van der Waals surface area contributed by atoms with Gasteiger partial charge in [0.15, 0.2) is 0 Å². The lowest BCUT2D eigenvalue weighted by atomic mass is 9.83. The number of nitrogens with zero attached hydrogens (tertiary/aromatic N) is 1. The highest BCUT2D eigenvalue weighted by Gasteiger charge is 2.22. The highest BCUT2D eigenvalue weighted by Crippen LogP contribution is 2.26. The van der Waals surface area contributed by atoms with E-state index in [2.05, 4.69) is 38.0 Å². The van der Waals surface area contributed by atoms with Gasteiger partial charge in [0.05, 0.1) is 7.11 Å². The van der Waals surface area contributed by atoms with Crippen LogP contribution in [-0.4, -0.2) is 25.2 Å². The molecule has 3 nitrogen and oxygen atoms in total. The van der Waals surface area contributed by atoms with E-state index in [9.17, 15) is 0 Å². The molecule has 0 aromatic carbocycles. The van der Waals surface area contributed by atoms with E-state index >= 15 is 0 Å². The monoisotopic (exact) mass is 278 g/mol. The van der Waals surface area contributed by atoms with E-state index in [0.29, 0.717) is 11.5 Å². The van der Waals surface area contributed by atoms with Crippen molar-refractivity contribution < 1.29 is 4.74 Å². The quantitative estimate of drug-likeness (QED) is 0.862. The summed E-state index contributed by atoms with van der Waals surface area (Å²) in [5.74, 6) is 0.982. The molecule has 0 aliphatic rings. The van der Waals surface area contributed by atoms with Crippen LogP contribution in [0.1, 0.15) is 50.4 Å². The molecule has 1 aromatic rings.